The first-order valence-electron chi connectivity index (χ1n) is 13.9. The van der Waals surface area contributed by atoms with E-state index in [0.717, 1.165) is 22.1 Å². The Labute approximate surface area is 240 Å². The van der Waals surface area contributed by atoms with Crippen LogP contribution in [0.4, 0.5) is 0 Å². The fourth-order valence-corrected chi connectivity index (χ4v) is 6.84. The van der Waals surface area contributed by atoms with E-state index >= 15 is 0 Å². The molecule has 0 radical (unpaired) electrons. The van der Waals surface area contributed by atoms with Crippen molar-refractivity contribution in [2.75, 3.05) is 0 Å². The molecule has 4 aromatic rings. The number of aliphatic hydroxyl groups is 1. The number of thiophene rings is 1. The van der Waals surface area contributed by atoms with Crippen molar-refractivity contribution >= 4 is 27.5 Å². The van der Waals surface area contributed by atoms with Crippen LogP contribution in [0.25, 0.3) is 21.0 Å². The number of carboxylic acid groups (broad SMARTS) is 1. The molecule has 10 nitrogen and oxygen atoms in total. The molecule has 218 valence electrons. The number of rotatable bonds is 9. The molecule has 0 bridgehead atoms. The van der Waals surface area contributed by atoms with Gasteiger partial charge in [0, 0.05) is 0 Å². The van der Waals surface area contributed by atoms with Gasteiger partial charge in [0.05, 0.1) is 35.2 Å². The Balaban J connectivity index is 1.74. The second kappa shape index (κ2) is 11.4. The van der Waals surface area contributed by atoms with E-state index in [1.54, 1.807) is 6.92 Å². The van der Waals surface area contributed by atoms with Gasteiger partial charge in [0.15, 0.2) is 0 Å². The monoisotopic (exact) mass is 581 g/mol. The van der Waals surface area contributed by atoms with Gasteiger partial charge in [-0.15, -0.1) is 11.3 Å². The van der Waals surface area contributed by atoms with Gasteiger partial charge in [-0.25, -0.2) is 19.1 Å². The smallest absolute Gasteiger partial charge is 0.333 e. The van der Waals surface area contributed by atoms with Gasteiger partial charge in [-0.2, -0.15) is 0 Å². The van der Waals surface area contributed by atoms with Gasteiger partial charge in [-0.1, -0.05) is 31.2 Å². The van der Waals surface area contributed by atoms with Crippen LogP contribution in [0.5, 0.6) is 0 Å². The largest absolute Gasteiger partial charge is 0.480 e. The van der Waals surface area contributed by atoms with Crippen molar-refractivity contribution in [3.63, 3.8) is 0 Å². The molecule has 11 heteroatoms. The third-order valence-electron chi connectivity index (χ3n) is 8.05. The molecule has 1 fully saturated rings. The molecular formula is C30H35N3O7S. The summed E-state index contributed by atoms with van der Waals surface area (Å²) in [7, 11) is 0. The normalized spacial score (nSPS) is 18.6. The van der Waals surface area contributed by atoms with Gasteiger partial charge in [0.25, 0.3) is 5.56 Å². The van der Waals surface area contributed by atoms with Crippen molar-refractivity contribution < 1.29 is 24.2 Å². The SMILES string of the molecule is CCc1ccccc1[C@H](Cn1c(=O)n(C(C)(C)C(=O)O)c(=O)c2c(C)c(-c3ncco3)sc21)OC1CCC(O)CC1. The van der Waals surface area contributed by atoms with E-state index in [2.05, 4.69) is 11.9 Å². The molecule has 1 atom stereocenters. The fraction of sp³-hybridized carbons (Fsp3) is 0.467. The maximum absolute atomic E-state index is 14.2. The van der Waals surface area contributed by atoms with E-state index in [0.29, 0.717) is 46.8 Å². The average molecular weight is 582 g/mol. The number of aliphatic hydroxyl groups excluding tert-OH is 1. The molecule has 1 aromatic carbocycles. The van der Waals surface area contributed by atoms with Crippen LogP contribution in [0.15, 0.2) is 50.7 Å². The van der Waals surface area contributed by atoms with Gasteiger partial charge < -0.3 is 19.4 Å². The molecule has 1 aliphatic rings. The topological polar surface area (TPSA) is 137 Å². The molecule has 0 unspecified atom stereocenters. The predicted octanol–water partition coefficient (Wildman–Crippen LogP) is 4.63. The number of benzene rings is 1. The standard InChI is InChI=1S/C30H35N3O7S/c1-5-18-8-6-7-9-21(18)22(40-20-12-10-19(34)11-13-20)16-32-27-23(17(2)24(41-27)25-31-14-15-39-25)26(35)33(29(32)38)30(3,4)28(36)37/h6-9,14-15,19-20,22,34H,5,10-13,16H2,1-4H3,(H,36,37)/t19?,20?,22-/m0/s1. The first-order valence-corrected chi connectivity index (χ1v) is 14.7. The first kappa shape index (κ1) is 29.0. The molecule has 5 rings (SSSR count). The number of aryl methyl sites for hydroxylation is 2. The lowest BCUT2D eigenvalue weighted by atomic mass is 9.94. The van der Waals surface area contributed by atoms with Crippen molar-refractivity contribution in [3.8, 4) is 10.8 Å². The Hall–Kier alpha value is -3.54. The first-order chi connectivity index (χ1) is 19.5. The summed E-state index contributed by atoms with van der Waals surface area (Å²) in [5, 5.41) is 20.3. The van der Waals surface area contributed by atoms with Crippen molar-refractivity contribution in [1.29, 1.82) is 0 Å². The molecule has 2 N–H and O–H groups in total. The minimum atomic E-state index is -1.81. The van der Waals surface area contributed by atoms with E-state index < -0.39 is 28.9 Å². The van der Waals surface area contributed by atoms with Crippen LogP contribution in [0.1, 0.15) is 69.2 Å². The van der Waals surface area contributed by atoms with Gasteiger partial charge in [0.2, 0.25) is 5.89 Å². The van der Waals surface area contributed by atoms with Crippen LogP contribution in [-0.4, -0.2) is 42.5 Å². The quantitative estimate of drug-likeness (QED) is 0.292. The lowest BCUT2D eigenvalue weighted by molar-refractivity contribution is -0.146. The van der Waals surface area contributed by atoms with Crippen molar-refractivity contribution in [1.82, 2.24) is 14.1 Å². The zero-order valence-electron chi connectivity index (χ0n) is 23.6. The summed E-state index contributed by atoms with van der Waals surface area (Å²) in [6.07, 6.45) is 5.33. The lowest BCUT2D eigenvalue weighted by Gasteiger charge is -2.31. The summed E-state index contributed by atoms with van der Waals surface area (Å²) in [4.78, 5) is 45.5. The number of aromatic nitrogens is 3. The van der Waals surface area contributed by atoms with Crippen LogP contribution < -0.4 is 11.2 Å². The number of hydrogen-bond donors (Lipinski definition) is 2. The third-order valence-corrected chi connectivity index (χ3v) is 9.36. The second-order valence-electron chi connectivity index (χ2n) is 11.1. The van der Waals surface area contributed by atoms with Gasteiger partial charge in [0.1, 0.15) is 22.7 Å². The molecule has 0 saturated heterocycles. The maximum atomic E-state index is 14.2. The van der Waals surface area contributed by atoms with E-state index in [4.69, 9.17) is 9.15 Å². The van der Waals surface area contributed by atoms with Crippen LogP contribution in [0.3, 0.4) is 0 Å². The molecular weight excluding hydrogens is 546 g/mol. The number of fused-ring (bicyclic) bond motifs is 1. The van der Waals surface area contributed by atoms with Crippen molar-refractivity contribution in [2.45, 2.75) is 90.2 Å². The minimum absolute atomic E-state index is 0.0619. The van der Waals surface area contributed by atoms with E-state index in [1.807, 2.05) is 24.3 Å². The minimum Gasteiger partial charge on any atom is -0.480 e. The summed E-state index contributed by atoms with van der Waals surface area (Å²) >= 11 is 1.22. The summed E-state index contributed by atoms with van der Waals surface area (Å²) in [6, 6.07) is 7.90. The van der Waals surface area contributed by atoms with Crippen LogP contribution >= 0.6 is 11.3 Å². The highest BCUT2D eigenvalue weighted by Gasteiger charge is 2.36. The van der Waals surface area contributed by atoms with Crippen molar-refractivity contribution in [2.24, 2.45) is 0 Å². The highest BCUT2D eigenvalue weighted by atomic mass is 32.1. The second-order valence-corrected chi connectivity index (χ2v) is 12.1. The maximum Gasteiger partial charge on any atom is 0.333 e. The molecule has 41 heavy (non-hydrogen) atoms. The van der Waals surface area contributed by atoms with Gasteiger partial charge in [-0.05, 0) is 69.6 Å². The molecule has 0 aliphatic heterocycles. The van der Waals surface area contributed by atoms with E-state index in [1.165, 1.54) is 42.2 Å². The number of oxazole rings is 1. The summed E-state index contributed by atoms with van der Waals surface area (Å²) < 4.78 is 14.5. The summed E-state index contributed by atoms with van der Waals surface area (Å²) in [5.41, 5.74) is -0.644. The Morgan fingerprint density at radius 2 is 1.93 bits per heavy atom. The molecule has 3 aromatic heterocycles. The number of carbonyl (C=O) groups is 1. The number of ether oxygens (including phenoxy) is 1. The summed E-state index contributed by atoms with van der Waals surface area (Å²) in [5.74, 6) is -0.982. The highest BCUT2D eigenvalue weighted by molar-refractivity contribution is 7.22. The van der Waals surface area contributed by atoms with E-state index in [9.17, 15) is 24.6 Å². The zero-order valence-corrected chi connectivity index (χ0v) is 24.4. The van der Waals surface area contributed by atoms with Crippen LogP contribution in [0, 0.1) is 6.92 Å². The van der Waals surface area contributed by atoms with Crippen LogP contribution in [-0.2, 0) is 28.0 Å². The van der Waals surface area contributed by atoms with Crippen molar-refractivity contribution in [3.05, 3.63) is 74.3 Å². The summed E-state index contributed by atoms with van der Waals surface area (Å²) in [6.45, 7) is 6.56. The van der Waals surface area contributed by atoms with Gasteiger partial charge in [-0.3, -0.25) is 9.36 Å². The Kier molecular flexibility index (Phi) is 8.04. The average Bonchev–Trinajstić information content (AvgIpc) is 3.59. The Bertz CT molecular complexity index is 1670. The van der Waals surface area contributed by atoms with Gasteiger partial charge >= 0.3 is 11.7 Å². The molecule has 3 heterocycles. The number of nitrogens with zero attached hydrogens (tertiary/aromatic N) is 3. The lowest BCUT2D eigenvalue weighted by Crippen LogP contribution is -2.52. The van der Waals surface area contributed by atoms with E-state index in [-0.39, 0.29) is 24.1 Å². The molecule has 0 amide bonds. The number of aliphatic carboxylic acids is 1. The Morgan fingerprint density at radius 3 is 2.56 bits per heavy atom. The number of hydrogen-bond acceptors (Lipinski definition) is 8. The highest BCUT2D eigenvalue weighted by Crippen LogP contribution is 2.37. The Morgan fingerprint density at radius 1 is 1.22 bits per heavy atom. The fourth-order valence-electron chi connectivity index (χ4n) is 5.60. The predicted molar refractivity (Wildman–Crippen MR) is 155 cm³/mol. The van der Waals surface area contributed by atoms with Crippen LogP contribution in [0.2, 0.25) is 0 Å². The number of carboxylic acids is 1. The zero-order chi connectivity index (χ0) is 29.5. The third kappa shape index (κ3) is 5.29. The molecule has 0 spiro atoms. The molecule has 1 aliphatic carbocycles. The molecule has 1 saturated carbocycles.